The molecule has 1 aliphatic carbocycles. The number of anilines is 6. The van der Waals surface area contributed by atoms with Crippen LogP contribution in [0.1, 0.15) is 24.0 Å². The Balaban J connectivity index is 1.12. The molecule has 3 aliphatic rings. The predicted octanol–water partition coefficient (Wildman–Crippen LogP) is 2.37. The number of piperidine rings is 2. The van der Waals surface area contributed by atoms with Gasteiger partial charge in [-0.05, 0) is 65.8 Å². The van der Waals surface area contributed by atoms with Gasteiger partial charge in [-0.2, -0.15) is 15.0 Å². The summed E-state index contributed by atoms with van der Waals surface area (Å²) in [5.41, 5.74) is 32.4. The SMILES string of the molecule is N[C@@H]1C[C@H](N)CN(c2nc(Nc3ccc(Nc4ccc5c(c4)Cc4ccccc4-5)c(O)c3)nc(N3C[C@H](N)C[C@H](N)C3)n2)C1. The summed E-state index contributed by atoms with van der Waals surface area (Å²) in [6.07, 6.45) is 2.39. The Bertz CT molecular complexity index is 1620. The highest BCUT2D eigenvalue weighted by molar-refractivity contribution is 5.80. The molecule has 12 heteroatoms. The van der Waals surface area contributed by atoms with Crippen molar-refractivity contribution in [3.8, 4) is 16.9 Å². The number of benzene rings is 3. The lowest BCUT2D eigenvalue weighted by atomic mass is 10.0. The first-order chi connectivity index (χ1) is 21.3. The summed E-state index contributed by atoms with van der Waals surface area (Å²) in [4.78, 5) is 18.2. The maximum Gasteiger partial charge on any atom is 0.233 e. The molecule has 0 spiro atoms. The second-order valence-corrected chi connectivity index (χ2v) is 12.3. The van der Waals surface area contributed by atoms with Crippen LogP contribution in [0, 0.1) is 0 Å². The minimum atomic E-state index is -0.0785. The van der Waals surface area contributed by atoms with Gasteiger partial charge in [-0.1, -0.05) is 30.3 Å². The summed E-state index contributed by atoms with van der Waals surface area (Å²) in [5.74, 6) is 1.40. The molecule has 12 nitrogen and oxygen atoms in total. The first-order valence-electron chi connectivity index (χ1n) is 15.1. The second kappa shape index (κ2) is 11.5. The maximum absolute atomic E-state index is 11.0. The van der Waals surface area contributed by atoms with E-state index in [1.165, 1.54) is 22.3 Å². The molecule has 2 aliphatic heterocycles. The van der Waals surface area contributed by atoms with E-state index in [-0.39, 0.29) is 29.9 Å². The fraction of sp³-hybridized carbons (Fsp3) is 0.344. The number of nitrogens with zero attached hydrogens (tertiary/aromatic N) is 5. The quantitative estimate of drug-likeness (QED) is 0.142. The third-order valence-electron chi connectivity index (χ3n) is 8.53. The molecule has 4 aromatic rings. The molecular weight excluding hydrogens is 554 g/mol. The van der Waals surface area contributed by atoms with Crippen LogP contribution < -0.4 is 43.4 Å². The van der Waals surface area contributed by atoms with Crippen LogP contribution in [0.15, 0.2) is 60.7 Å². The zero-order valence-electron chi connectivity index (χ0n) is 24.5. The number of hydrogen-bond donors (Lipinski definition) is 7. The highest BCUT2D eigenvalue weighted by Crippen LogP contribution is 2.39. The molecule has 11 N–H and O–H groups in total. The number of aromatic hydroxyl groups is 1. The van der Waals surface area contributed by atoms with Gasteiger partial charge in [-0.15, -0.1) is 0 Å². The van der Waals surface area contributed by atoms with Crippen molar-refractivity contribution in [3.05, 3.63) is 71.8 Å². The van der Waals surface area contributed by atoms with E-state index < -0.39 is 0 Å². The molecule has 44 heavy (non-hydrogen) atoms. The predicted molar refractivity (Wildman–Crippen MR) is 175 cm³/mol. The third-order valence-corrected chi connectivity index (χ3v) is 8.53. The van der Waals surface area contributed by atoms with E-state index >= 15 is 0 Å². The van der Waals surface area contributed by atoms with Crippen molar-refractivity contribution >= 4 is 34.9 Å². The lowest BCUT2D eigenvalue weighted by Gasteiger charge is -2.37. The molecule has 0 amide bonds. The zero-order chi connectivity index (χ0) is 30.4. The first-order valence-corrected chi connectivity index (χ1v) is 15.1. The monoisotopic (exact) mass is 593 g/mol. The summed E-state index contributed by atoms with van der Waals surface area (Å²) in [6.45, 7) is 2.36. The molecule has 0 saturated carbocycles. The minimum absolute atomic E-state index is 0.0785. The van der Waals surface area contributed by atoms with Crippen molar-refractivity contribution in [2.75, 3.05) is 46.6 Å². The fourth-order valence-corrected chi connectivity index (χ4v) is 6.60. The molecule has 1 aromatic heterocycles. The third kappa shape index (κ3) is 5.84. The number of nitrogens with two attached hydrogens (primary N) is 4. The van der Waals surface area contributed by atoms with E-state index in [1.807, 2.05) is 28.0 Å². The van der Waals surface area contributed by atoms with Crippen LogP contribution in [0.3, 0.4) is 0 Å². The average Bonchev–Trinajstić information content (AvgIpc) is 3.35. The van der Waals surface area contributed by atoms with Crippen LogP contribution in [-0.2, 0) is 6.42 Å². The number of rotatable bonds is 6. The van der Waals surface area contributed by atoms with Crippen molar-refractivity contribution in [1.29, 1.82) is 0 Å². The lowest BCUT2D eigenvalue weighted by molar-refractivity contribution is 0.441. The van der Waals surface area contributed by atoms with E-state index in [2.05, 4.69) is 47.0 Å². The van der Waals surface area contributed by atoms with Crippen molar-refractivity contribution in [2.45, 2.75) is 43.4 Å². The fourth-order valence-electron chi connectivity index (χ4n) is 6.60. The Morgan fingerprint density at radius 2 is 1.20 bits per heavy atom. The van der Waals surface area contributed by atoms with E-state index in [0.717, 1.165) is 24.9 Å². The van der Waals surface area contributed by atoms with Crippen LogP contribution in [0.4, 0.5) is 34.9 Å². The number of phenols is 1. The summed E-state index contributed by atoms with van der Waals surface area (Å²) in [5, 5.41) is 17.6. The number of aromatic nitrogens is 3. The Labute approximate surface area is 256 Å². The van der Waals surface area contributed by atoms with Crippen molar-refractivity contribution in [1.82, 2.24) is 15.0 Å². The van der Waals surface area contributed by atoms with Crippen LogP contribution in [0.25, 0.3) is 11.1 Å². The van der Waals surface area contributed by atoms with Crippen molar-refractivity contribution < 1.29 is 5.11 Å². The number of phenolic OH excluding ortho intramolecular Hbond substituents is 1. The summed E-state index contributed by atoms with van der Waals surface area (Å²) in [6, 6.07) is 19.8. The molecule has 0 unspecified atom stereocenters. The first kappa shape index (κ1) is 28.3. The van der Waals surface area contributed by atoms with Gasteiger partial charge in [-0.25, -0.2) is 0 Å². The molecule has 0 bridgehead atoms. The van der Waals surface area contributed by atoms with Crippen LogP contribution in [-0.4, -0.2) is 70.4 Å². The summed E-state index contributed by atoms with van der Waals surface area (Å²) >= 11 is 0. The minimum Gasteiger partial charge on any atom is -0.506 e. The molecule has 3 heterocycles. The van der Waals surface area contributed by atoms with Gasteiger partial charge in [-0.3, -0.25) is 0 Å². The molecule has 4 atom stereocenters. The van der Waals surface area contributed by atoms with Gasteiger partial charge in [0.2, 0.25) is 17.8 Å². The normalized spacial score (nSPS) is 22.8. The largest absolute Gasteiger partial charge is 0.506 e. The topological polar surface area (TPSA) is 194 Å². The molecular formula is C32H39N11O. The average molecular weight is 594 g/mol. The highest BCUT2D eigenvalue weighted by Gasteiger charge is 2.29. The standard InChI is InChI=1S/C32H39N11O/c33-20-11-21(34)15-42(14-20)31-39-30(40-32(41-31)43-16-22(35)12-23(36)17-43)38-25-6-8-28(29(44)13-25)37-24-5-7-27-19(10-24)9-18-3-1-2-4-26(18)27/h1-8,10,13,20-23,37,44H,9,11-12,14-17,33-36H2,(H,38,39,40,41)/t20-,21+,22-,23+. The number of hydrogen-bond acceptors (Lipinski definition) is 12. The Morgan fingerprint density at radius 3 is 1.84 bits per heavy atom. The molecule has 3 aromatic carbocycles. The Hall–Kier alpha value is -4.49. The highest BCUT2D eigenvalue weighted by atomic mass is 16.3. The van der Waals surface area contributed by atoms with Gasteiger partial charge < -0.3 is 48.5 Å². The van der Waals surface area contributed by atoms with Gasteiger partial charge in [0.15, 0.2) is 0 Å². The van der Waals surface area contributed by atoms with Gasteiger partial charge >= 0.3 is 0 Å². The van der Waals surface area contributed by atoms with E-state index in [1.54, 1.807) is 6.07 Å². The molecule has 228 valence electrons. The van der Waals surface area contributed by atoms with Crippen LogP contribution >= 0.6 is 0 Å². The molecule has 0 radical (unpaired) electrons. The van der Waals surface area contributed by atoms with Gasteiger partial charge in [0, 0.05) is 67.8 Å². The lowest BCUT2D eigenvalue weighted by Crippen LogP contribution is -2.54. The summed E-state index contributed by atoms with van der Waals surface area (Å²) in [7, 11) is 0. The number of fused-ring (bicyclic) bond motifs is 3. The van der Waals surface area contributed by atoms with Gasteiger partial charge in [0.05, 0.1) is 5.69 Å². The van der Waals surface area contributed by atoms with Crippen molar-refractivity contribution in [3.63, 3.8) is 0 Å². The smallest absolute Gasteiger partial charge is 0.233 e. The number of nitrogens with one attached hydrogen (secondary N) is 2. The maximum atomic E-state index is 11.0. The Morgan fingerprint density at radius 1 is 0.636 bits per heavy atom. The van der Waals surface area contributed by atoms with Crippen LogP contribution in [0.5, 0.6) is 5.75 Å². The summed E-state index contributed by atoms with van der Waals surface area (Å²) < 4.78 is 0. The molecule has 2 fully saturated rings. The molecule has 7 rings (SSSR count). The Kier molecular flexibility index (Phi) is 7.42. The van der Waals surface area contributed by atoms with Gasteiger partial charge in [0.1, 0.15) is 5.75 Å². The van der Waals surface area contributed by atoms with E-state index in [4.69, 9.17) is 37.9 Å². The second-order valence-electron chi connectivity index (χ2n) is 12.3. The van der Waals surface area contributed by atoms with E-state index in [0.29, 0.717) is 55.4 Å². The van der Waals surface area contributed by atoms with Crippen LogP contribution in [0.2, 0.25) is 0 Å². The zero-order valence-corrected chi connectivity index (χ0v) is 24.5. The van der Waals surface area contributed by atoms with Crippen molar-refractivity contribution in [2.24, 2.45) is 22.9 Å². The van der Waals surface area contributed by atoms with Gasteiger partial charge in [0.25, 0.3) is 0 Å². The molecule has 2 saturated heterocycles. The van der Waals surface area contributed by atoms with E-state index in [9.17, 15) is 5.11 Å².